The fraction of sp³-hybridized carbons (Fsp3) is 0.111. The number of nitrogens with one attached hydrogen (secondary N) is 2. The van der Waals surface area contributed by atoms with E-state index in [1.54, 1.807) is 24.3 Å². The Morgan fingerprint density at radius 3 is 2.76 bits per heavy atom. The van der Waals surface area contributed by atoms with Gasteiger partial charge in [-0.05, 0) is 36.5 Å². The van der Waals surface area contributed by atoms with Gasteiger partial charge in [0.15, 0.2) is 5.82 Å². The van der Waals surface area contributed by atoms with Crippen LogP contribution in [0, 0.1) is 4.77 Å². The van der Waals surface area contributed by atoms with Crippen LogP contribution >= 0.6 is 47.2 Å². The minimum absolute atomic E-state index is 0.114. The van der Waals surface area contributed by atoms with Crippen LogP contribution in [0.1, 0.15) is 5.56 Å². The summed E-state index contributed by atoms with van der Waals surface area (Å²) in [7, 11) is 0. The molecule has 1 spiro atoms. The Kier molecular flexibility index (Phi) is 4.25. The molecule has 0 aliphatic carbocycles. The minimum atomic E-state index is -1.29. The topological polar surface area (TPSA) is 83.0 Å². The standard InChI is InChI=1S/C18H11Cl2N5O2S2/c19-9-5-6-10(12(20)7-9)15-22-23-17(28)24(15)25-14(26)8-29-18(25)11-3-1-2-4-13(11)21-16(18)27/h1-7H,8H2,(H,21,27)(H,23,28). The third-order valence-electron chi connectivity index (χ3n) is 4.81. The van der Waals surface area contributed by atoms with Crippen molar-refractivity contribution >= 4 is 64.7 Å². The van der Waals surface area contributed by atoms with Crippen molar-refractivity contribution in [2.24, 2.45) is 0 Å². The number of hydrogen-bond donors (Lipinski definition) is 2. The molecule has 2 amide bonds. The van der Waals surface area contributed by atoms with Gasteiger partial charge in [-0.1, -0.05) is 41.4 Å². The fourth-order valence-electron chi connectivity index (χ4n) is 3.61. The first kappa shape index (κ1) is 18.7. The lowest BCUT2D eigenvalue weighted by atomic mass is 10.1. The van der Waals surface area contributed by atoms with E-state index in [0.717, 1.165) is 0 Å². The Bertz CT molecular complexity index is 1260. The summed E-state index contributed by atoms with van der Waals surface area (Å²) in [4.78, 5) is 24.9. The maximum Gasteiger partial charge on any atom is 0.267 e. The summed E-state index contributed by atoms with van der Waals surface area (Å²) in [6.45, 7) is 0. The van der Waals surface area contributed by atoms with Crippen molar-refractivity contribution in [2.45, 2.75) is 4.87 Å². The van der Waals surface area contributed by atoms with Gasteiger partial charge in [0.05, 0.1) is 10.8 Å². The van der Waals surface area contributed by atoms with E-state index in [-0.39, 0.29) is 22.3 Å². The zero-order valence-electron chi connectivity index (χ0n) is 14.5. The second-order valence-corrected chi connectivity index (χ2v) is 8.82. The van der Waals surface area contributed by atoms with Crippen LogP contribution in [-0.4, -0.2) is 32.4 Å². The summed E-state index contributed by atoms with van der Waals surface area (Å²) >= 11 is 19.1. The van der Waals surface area contributed by atoms with E-state index in [1.165, 1.54) is 21.4 Å². The number of halogens is 2. The second kappa shape index (κ2) is 6.60. The maximum absolute atomic E-state index is 13.1. The zero-order chi connectivity index (χ0) is 20.3. The van der Waals surface area contributed by atoms with Crippen LogP contribution in [0.15, 0.2) is 42.5 Å². The quantitative estimate of drug-likeness (QED) is 0.562. The molecule has 1 saturated heterocycles. The average Bonchev–Trinajstić information content (AvgIpc) is 3.31. The van der Waals surface area contributed by atoms with Gasteiger partial charge in [0.25, 0.3) is 11.8 Å². The van der Waals surface area contributed by atoms with E-state index in [9.17, 15) is 9.59 Å². The van der Waals surface area contributed by atoms with Gasteiger partial charge in [0.1, 0.15) is 0 Å². The number of benzene rings is 2. The number of H-pyrrole nitrogens is 1. The molecule has 146 valence electrons. The summed E-state index contributed by atoms with van der Waals surface area (Å²) in [6.07, 6.45) is 0. The number of aromatic amines is 1. The summed E-state index contributed by atoms with van der Waals surface area (Å²) in [5.41, 5.74) is 1.87. The number of fused-ring (bicyclic) bond motifs is 2. The number of aromatic nitrogens is 3. The molecule has 0 bridgehead atoms. The predicted octanol–water partition coefficient (Wildman–Crippen LogP) is 3.93. The highest BCUT2D eigenvalue weighted by molar-refractivity contribution is 8.02. The lowest BCUT2D eigenvalue weighted by Crippen LogP contribution is -2.53. The van der Waals surface area contributed by atoms with Crippen molar-refractivity contribution in [2.75, 3.05) is 16.1 Å². The summed E-state index contributed by atoms with van der Waals surface area (Å²) in [5, 5.41) is 12.0. The molecule has 2 aliphatic rings. The molecule has 0 saturated carbocycles. The molecule has 1 aromatic heterocycles. The molecule has 29 heavy (non-hydrogen) atoms. The third-order valence-corrected chi connectivity index (χ3v) is 7.01. The largest absolute Gasteiger partial charge is 0.322 e. The first-order valence-electron chi connectivity index (χ1n) is 8.44. The van der Waals surface area contributed by atoms with Crippen LogP contribution in [0.4, 0.5) is 5.69 Å². The molecule has 1 fully saturated rings. The van der Waals surface area contributed by atoms with Gasteiger partial charge in [-0.15, -0.1) is 11.8 Å². The van der Waals surface area contributed by atoms with Gasteiger partial charge in [0.2, 0.25) is 9.64 Å². The van der Waals surface area contributed by atoms with E-state index in [4.69, 9.17) is 35.4 Å². The van der Waals surface area contributed by atoms with Gasteiger partial charge in [0, 0.05) is 21.8 Å². The number of carbonyl (C=O) groups is 2. The molecular weight excluding hydrogens is 453 g/mol. The van der Waals surface area contributed by atoms with Crippen molar-refractivity contribution in [3.8, 4) is 11.4 Å². The number of para-hydroxylation sites is 1. The third kappa shape index (κ3) is 2.58. The molecule has 7 nitrogen and oxygen atoms in total. The monoisotopic (exact) mass is 463 g/mol. The smallest absolute Gasteiger partial charge is 0.267 e. The molecular formula is C18H11Cl2N5O2S2. The molecule has 2 N–H and O–H groups in total. The SMILES string of the molecule is O=C1CSC2(C(=O)Nc3ccccc32)N1n1c(-c2ccc(Cl)cc2Cl)n[nH]c1=S. The zero-order valence-corrected chi connectivity index (χ0v) is 17.6. The van der Waals surface area contributed by atoms with E-state index in [0.29, 0.717) is 32.7 Å². The molecule has 1 atom stereocenters. The van der Waals surface area contributed by atoms with Crippen LogP contribution in [0.3, 0.4) is 0 Å². The summed E-state index contributed by atoms with van der Waals surface area (Å²) in [5.74, 6) is -0.164. The van der Waals surface area contributed by atoms with Crippen LogP contribution in [-0.2, 0) is 14.5 Å². The van der Waals surface area contributed by atoms with Crippen LogP contribution < -0.4 is 10.3 Å². The molecule has 3 heterocycles. The molecule has 1 unspecified atom stereocenters. The highest BCUT2D eigenvalue weighted by atomic mass is 35.5. The highest BCUT2D eigenvalue weighted by Gasteiger charge is 2.59. The maximum atomic E-state index is 13.1. The second-order valence-electron chi connectivity index (χ2n) is 6.43. The Morgan fingerprint density at radius 2 is 1.97 bits per heavy atom. The van der Waals surface area contributed by atoms with E-state index in [1.807, 2.05) is 18.2 Å². The number of carbonyl (C=O) groups excluding carboxylic acids is 2. The predicted molar refractivity (Wildman–Crippen MR) is 115 cm³/mol. The van der Waals surface area contributed by atoms with Crippen LogP contribution in [0.2, 0.25) is 10.0 Å². The van der Waals surface area contributed by atoms with Crippen molar-refractivity contribution in [3.05, 3.63) is 62.8 Å². The molecule has 3 aromatic rings. The van der Waals surface area contributed by atoms with Gasteiger partial charge in [-0.2, -0.15) is 5.10 Å². The highest BCUT2D eigenvalue weighted by Crippen LogP contribution is 2.51. The van der Waals surface area contributed by atoms with E-state index >= 15 is 0 Å². The van der Waals surface area contributed by atoms with Gasteiger partial charge < -0.3 is 5.32 Å². The number of hydrogen-bond acceptors (Lipinski definition) is 5. The number of nitrogens with zero attached hydrogens (tertiary/aromatic N) is 3. The van der Waals surface area contributed by atoms with Crippen LogP contribution in [0.5, 0.6) is 0 Å². The first-order chi connectivity index (χ1) is 13.9. The molecule has 2 aromatic carbocycles. The van der Waals surface area contributed by atoms with Crippen molar-refractivity contribution in [1.29, 1.82) is 0 Å². The Morgan fingerprint density at radius 1 is 1.17 bits per heavy atom. The summed E-state index contributed by atoms with van der Waals surface area (Å²) < 4.78 is 1.60. The average molecular weight is 464 g/mol. The van der Waals surface area contributed by atoms with E-state index < -0.39 is 4.87 Å². The fourth-order valence-corrected chi connectivity index (χ4v) is 5.59. The van der Waals surface area contributed by atoms with E-state index in [2.05, 4.69) is 15.5 Å². The molecule has 5 rings (SSSR count). The summed E-state index contributed by atoms with van der Waals surface area (Å²) in [6, 6.07) is 12.2. The number of amides is 2. The number of anilines is 1. The van der Waals surface area contributed by atoms with Gasteiger partial charge in [-0.25, -0.2) is 14.8 Å². The Balaban J connectivity index is 1.76. The number of thioether (sulfide) groups is 1. The van der Waals surface area contributed by atoms with Crippen LogP contribution in [0.25, 0.3) is 11.4 Å². The lowest BCUT2D eigenvalue weighted by Gasteiger charge is -2.32. The van der Waals surface area contributed by atoms with Gasteiger partial charge >= 0.3 is 0 Å². The molecule has 11 heteroatoms. The lowest BCUT2D eigenvalue weighted by molar-refractivity contribution is -0.123. The molecule has 2 aliphatic heterocycles. The first-order valence-corrected chi connectivity index (χ1v) is 10.6. The normalized spacial score (nSPS) is 20.4. The van der Waals surface area contributed by atoms with Crippen molar-refractivity contribution in [3.63, 3.8) is 0 Å². The Hall–Kier alpha value is -2.33. The van der Waals surface area contributed by atoms with Crippen molar-refractivity contribution < 1.29 is 9.59 Å². The molecule has 0 radical (unpaired) electrons. The Labute approximate surface area is 184 Å². The number of rotatable bonds is 2. The van der Waals surface area contributed by atoms with Gasteiger partial charge in [-0.3, -0.25) is 9.59 Å². The van der Waals surface area contributed by atoms with Crippen molar-refractivity contribution in [1.82, 2.24) is 14.9 Å². The minimum Gasteiger partial charge on any atom is -0.322 e.